The van der Waals surface area contributed by atoms with Gasteiger partial charge in [-0.1, -0.05) is 31.8 Å². The minimum atomic E-state index is -1.12. The molecular formula is C19H23BrN2O3Si. The van der Waals surface area contributed by atoms with E-state index in [2.05, 4.69) is 46.6 Å². The Labute approximate surface area is 164 Å². The third-order valence-corrected chi connectivity index (χ3v) is 5.70. The van der Waals surface area contributed by atoms with E-state index in [4.69, 9.17) is 19.5 Å². The molecule has 0 radical (unpaired) electrons. The molecule has 0 fully saturated rings. The molecule has 5 nitrogen and oxygen atoms in total. The highest BCUT2D eigenvalue weighted by molar-refractivity contribution is 9.10. The predicted molar refractivity (Wildman–Crippen MR) is 107 cm³/mol. The summed E-state index contributed by atoms with van der Waals surface area (Å²) in [5.41, 5.74) is 1.37. The lowest BCUT2D eigenvalue weighted by Gasteiger charge is -2.16. The fourth-order valence-corrected chi connectivity index (χ4v) is 3.13. The maximum Gasteiger partial charge on any atom is 0.214 e. The molecule has 0 aliphatic heterocycles. The fraction of sp³-hybridized carbons (Fsp3) is 0.368. The van der Waals surface area contributed by atoms with Crippen molar-refractivity contribution in [3.05, 3.63) is 52.1 Å². The summed E-state index contributed by atoms with van der Waals surface area (Å²) in [6, 6.07) is 14.0. The van der Waals surface area contributed by atoms with Crippen molar-refractivity contribution in [3.8, 4) is 17.7 Å². The van der Waals surface area contributed by atoms with Crippen molar-refractivity contribution in [3.63, 3.8) is 0 Å². The summed E-state index contributed by atoms with van der Waals surface area (Å²) in [5.74, 6) is 1.10. The average molecular weight is 435 g/mol. The van der Waals surface area contributed by atoms with Gasteiger partial charge in [0, 0.05) is 26.3 Å². The Balaban J connectivity index is 1.96. The molecule has 2 rings (SSSR count). The minimum Gasteiger partial charge on any atom is -0.473 e. The number of hydrogen-bond donors (Lipinski definition) is 0. The van der Waals surface area contributed by atoms with Gasteiger partial charge in [0.1, 0.15) is 17.0 Å². The number of pyridine rings is 1. The van der Waals surface area contributed by atoms with Gasteiger partial charge in [-0.25, -0.2) is 4.98 Å². The number of nitriles is 1. The standard InChI is InChI=1S/C19H23BrN2O3Si/c1-26(2,3)10-9-23-14-25-17-11-15(12-21)7-8-16(17)13-24-19-6-4-5-18(20)22-19/h4-8,11H,9-10,13-14H2,1-3H3. The monoisotopic (exact) mass is 434 g/mol. The first kappa shape index (κ1) is 20.4. The van der Waals surface area contributed by atoms with E-state index < -0.39 is 8.07 Å². The summed E-state index contributed by atoms with van der Waals surface area (Å²) in [7, 11) is -1.12. The molecule has 1 heterocycles. The number of nitrogens with zero attached hydrogens (tertiary/aromatic N) is 2. The predicted octanol–water partition coefficient (Wildman–Crippen LogP) is 4.99. The van der Waals surface area contributed by atoms with Gasteiger partial charge in [-0.2, -0.15) is 5.26 Å². The van der Waals surface area contributed by atoms with E-state index >= 15 is 0 Å². The lowest BCUT2D eigenvalue weighted by Crippen LogP contribution is -2.22. The van der Waals surface area contributed by atoms with Gasteiger partial charge in [-0.05, 0) is 40.2 Å². The second-order valence-corrected chi connectivity index (χ2v) is 13.4. The zero-order valence-electron chi connectivity index (χ0n) is 15.3. The van der Waals surface area contributed by atoms with Gasteiger partial charge in [0.05, 0.1) is 11.6 Å². The number of aromatic nitrogens is 1. The molecule has 138 valence electrons. The van der Waals surface area contributed by atoms with Crippen LogP contribution in [0.2, 0.25) is 25.7 Å². The summed E-state index contributed by atoms with van der Waals surface area (Å²) >= 11 is 3.32. The average Bonchev–Trinajstić information content (AvgIpc) is 2.59. The van der Waals surface area contributed by atoms with E-state index in [0.717, 1.165) is 11.6 Å². The van der Waals surface area contributed by atoms with E-state index in [-0.39, 0.29) is 6.79 Å². The zero-order chi connectivity index (χ0) is 19.0. The first-order valence-electron chi connectivity index (χ1n) is 8.36. The maximum atomic E-state index is 9.11. The molecule has 26 heavy (non-hydrogen) atoms. The second-order valence-electron chi connectivity index (χ2n) is 7.00. The van der Waals surface area contributed by atoms with Gasteiger partial charge >= 0.3 is 0 Å². The summed E-state index contributed by atoms with van der Waals surface area (Å²) < 4.78 is 17.8. The van der Waals surface area contributed by atoms with Crippen molar-refractivity contribution in [2.75, 3.05) is 13.4 Å². The van der Waals surface area contributed by atoms with Crippen molar-refractivity contribution in [2.45, 2.75) is 32.3 Å². The van der Waals surface area contributed by atoms with Crippen LogP contribution in [0.5, 0.6) is 11.6 Å². The lowest BCUT2D eigenvalue weighted by atomic mass is 10.1. The van der Waals surface area contributed by atoms with Crippen molar-refractivity contribution in [1.29, 1.82) is 5.26 Å². The van der Waals surface area contributed by atoms with E-state index in [0.29, 0.717) is 35.0 Å². The van der Waals surface area contributed by atoms with Crippen LogP contribution < -0.4 is 9.47 Å². The highest BCUT2D eigenvalue weighted by Crippen LogP contribution is 2.23. The second kappa shape index (κ2) is 9.71. The molecular weight excluding hydrogens is 412 g/mol. The number of hydrogen-bond acceptors (Lipinski definition) is 5. The third-order valence-electron chi connectivity index (χ3n) is 3.56. The Morgan fingerprint density at radius 3 is 2.65 bits per heavy atom. The van der Waals surface area contributed by atoms with Gasteiger partial charge in [-0.15, -0.1) is 0 Å². The molecule has 0 N–H and O–H groups in total. The van der Waals surface area contributed by atoms with Crippen LogP contribution in [-0.4, -0.2) is 26.5 Å². The molecule has 0 aliphatic carbocycles. The summed E-state index contributed by atoms with van der Waals surface area (Å²) in [4.78, 5) is 4.24. The van der Waals surface area contributed by atoms with Crippen LogP contribution in [0.3, 0.4) is 0 Å². The third kappa shape index (κ3) is 7.16. The molecule has 0 saturated heterocycles. The Hall–Kier alpha value is -1.88. The Morgan fingerprint density at radius 1 is 1.15 bits per heavy atom. The molecule has 0 amide bonds. The first-order chi connectivity index (χ1) is 12.4. The zero-order valence-corrected chi connectivity index (χ0v) is 17.9. The SMILES string of the molecule is C[Si](C)(C)CCOCOc1cc(C#N)ccc1COc1cccc(Br)n1. The fourth-order valence-electron chi connectivity index (χ4n) is 2.04. The van der Waals surface area contributed by atoms with Gasteiger partial charge in [0.15, 0.2) is 6.79 Å². The largest absolute Gasteiger partial charge is 0.473 e. The number of ether oxygens (including phenoxy) is 3. The van der Waals surface area contributed by atoms with Crippen LogP contribution in [0.25, 0.3) is 0 Å². The Morgan fingerprint density at radius 2 is 1.96 bits per heavy atom. The van der Waals surface area contributed by atoms with Crippen LogP contribution in [-0.2, 0) is 11.3 Å². The van der Waals surface area contributed by atoms with Crippen LogP contribution in [0.4, 0.5) is 0 Å². The van der Waals surface area contributed by atoms with Gasteiger partial charge in [0.25, 0.3) is 0 Å². The topological polar surface area (TPSA) is 64.4 Å². The van der Waals surface area contributed by atoms with Gasteiger partial charge in [-0.3, -0.25) is 0 Å². The Bertz CT molecular complexity index is 772. The van der Waals surface area contributed by atoms with Crippen molar-refractivity contribution in [2.24, 2.45) is 0 Å². The maximum absolute atomic E-state index is 9.11. The van der Waals surface area contributed by atoms with E-state index in [1.165, 1.54) is 0 Å². The highest BCUT2D eigenvalue weighted by Gasteiger charge is 2.12. The van der Waals surface area contributed by atoms with E-state index in [1.807, 2.05) is 18.2 Å². The van der Waals surface area contributed by atoms with Crippen molar-refractivity contribution >= 4 is 24.0 Å². The Kier molecular flexibility index (Phi) is 7.63. The van der Waals surface area contributed by atoms with Gasteiger partial charge in [0.2, 0.25) is 5.88 Å². The number of halogens is 1. The van der Waals surface area contributed by atoms with Crippen LogP contribution >= 0.6 is 15.9 Å². The first-order valence-corrected chi connectivity index (χ1v) is 12.9. The number of benzene rings is 1. The van der Waals surface area contributed by atoms with Crippen LogP contribution in [0, 0.1) is 11.3 Å². The molecule has 0 saturated carbocycles. The summed E-state index contributed by atoms with van der Waals surface area (Å²) in [5, 5.41) is 9.11. The smallest absolute Gasteiger partial charge is 0.214 e. The normalized spacial score (nSPS) is 11.0. The summed E-state index contributed by atoms with van der Waals surface area (Å²) in [6.07, 6.45) is 0. The van der Waals surface area contributed by atoms with Crippen molar-refractivity contribution < 1.29 is 14.2 Å². The van der Waals surface area contributed by atoms with Crippen LogP contribution in [0.1, 0.15) is 11.1 Å². The number of rotatable bonds is 9. The molecule has 0 aliphatic rings. The van der Waals surface area contributed by atoms with E-state index in [1.54, 1.807) is 18.2 Å². The summed E-state index contributed by atoms with van der Waals surface area (Å²) in [6.45, 7) is 8.04. The minimum absolute atomic E-state index is 0.154. The molecule has 0 atom stereocenters. The lowest BCUT2D eigenvalue weighted by molar-refractivity contribution is 0.0209. The van der Waals surface area contributed by atoms with Crippen LogP contribution in [0.15, 0.2) is 41.0 Å². The quantitative estimate of drug-likeness (QED) is 0.240. The molecule has 1 aromatic carbocycles. The molecule has 2 aromatic rings. The molecule has 0 unspecified atom stereocenters. The molecule has 0 spiro atoms. The van der Waals surface area contributed by atoms with E-state index in [9.17, 15) is 0 Å². The molecule has 0 bridgehead atoms. The molecule has 7 heteroatoms. The molecule has 1 aromatic heterocycles. The van der Waals surface area contributed by atoms with Gasteiger partial charge < -0.3 is 14.2 Å². The van der Waals surface area contributed by atoms with Crippen molar-refractivity contribution in [1.82, 2.24) is 4.98 Å². The highest BCUT2D eigenvalue weighted by atomic mass is 79.9.